The molecule has 1 rings (SSSR count). The van der Waals surface area contributed by atoms with Gasteiger partial charge in [-0.1, -0.05) is 20.3 Å². The normalized spacial score (nSPS) is 16.8. The summed E-state index contributed by atoms with van der Waals surface area (Å²) >= 11 is 1.76. The molecule has 3 unspecified atom stereocenters. The second-order valence-electron chi connectivity index (χ2n) is 5.21. The molecule has 0 spiro atoms. The molecule has 1 heterocycles. The highest BCUT2D eigenvalue weighted by molar-refractivity contribution is 7.07. The summed E-state index contributed by atoms with van der Waals surface area (Å²) < 4.78 is 0. The van der Waals surface area contributed by atoms with Gasteiger partial charge in [-0.15, -0.1) is 0 Å². The van der Waals surface area contributed by atoms with Gasteiger partial charge in [0.05, 0.1) is 6.04 Å². The van der Waals surface area contributed by atoms with Crippen molar-refractivity contribution in [2.45, 2.75) is 65.1 Å². The average molecular weight is 268 g/mol. The Morgan fingerprint density at radius 3 is 2.50 bits per heavy atom. The van der Waals surface area contributed by atoms with E-state index in [9.17, 15) is 0 Å². The van der Waals surface area contributed by atoms with Gasteiger partial charge in [0.2, 0.25) is 0 Å². The van der Waals surface area contributed by atoms with E-state index in [0.717, 1.165) is 6.54 Å². The molecule has 0 fully saturated rings. The Kier molecular flexibility index (Phi) is 6.90. The molecule has 0 aliphatic rings. The predicted octanol–water partition coefficient (Wildman–Crippen LogP) is 4.04. The quantitative estimate of drug-likeness (QED) is 0.771. The smallest absolute Gasteiger partial charge is 0.0507 e. The average Bonchev–Trinajstić information content (AvgIpc) is 2.86. The van der Waals surface area contributed by atoms with Crippen LogP contribution in [0.3, 0.4) is 0 Å². The SMILES string of the molecule is CCCCN(C(C)CC)C(c1ccsc1)C(C)N. The van der Waals surface area contributed by atoms with Gasteiger partial charge in [-0.25, -0.2) is 0 Å². The summed E-state index contributed by atoms with van der Waals surface area (Å²) in [6.07, 6.45) is 3.66. The highest BCUT2D eigenvalue weighted by Gasteiger charge is 2.26. The van der Waals surface area contributed by atoms with E-state index in [4.69, 9.17) is 5.73 Å². The molecular weight excluding hydrogens is 240 g/mol. The Morgan fingerprint density at radius 1 is 1.33 bits per heavy atom. The summed E-state index contributed by atoms with van der Waals surface area (Å²) in [7, 11) is 0. The highest BCUT2D eigenvalue weighted by Crippen LogP contribution is 2.28. The van der Waals surface area contributed by atoms with E-state index < -0.39 is 0 Å². The molecule has 0 aromatic carbocycles. The van der Waals surface area contributed by atoms with Gasteiger partial charge in [-0.3, -0.25) is 4.90 Å². The third-order valence-electron chi connectivity index (χ3n) is 3.67. The third kappa shape index (κ3) is 4.08. The lowest BCUT2D eigenvalue weighted by Crippen LogP contribution is -2.44. The number of rotatable bonds is 8. The summed E-state index contributed by atoms with van der Waals surface area (Å²) in [4.78, 5) is 2.59. The largest absolute Gasteiger partial charge is 0.326 e. The minimum Gasteiger partial charge on any atom is -0.326 e. The lowest BCUT2D eigenvalue weighted by atomic mass is 9.99. The van der Waals surface area contributed by atoms with Gasteiger partial charge in [0.15, 0.2) is 0 Å². The van der Waals surface area contributed by atoms with E-state index in [1.807, 2.05) is 0 Å². The van der Waals surface area contributed by atoms with Crippen LogP contribution in [-0.2, 0) is 0 Å². The lowest BCUT2D eigenvalue weighted by Gasteiger charge is -2.38. The van der Waals surface area contributed by atoms with Gasteiger partial charge in [-0.05, 0) is 55.6 Å². The number of nitrogens with two attached hydrogens (primary N) is 1. The van der Waals surface area contributed by atoms with E-state index in [2.05, 4.69) is 49.4 Å². The second kappa shape index (κ2) is 7.93. The molecule has 1 aromatic rings. The topological polar surface area (TPSA) is 29.3 Å². The van der Waals surface area contributed by atoms with Crippen molar-refractivity contribution in [2.24, 2.45) is 5.73 Å². The van der Waals surface area contributed by atoms with Crippen LogP contribution in [0.1, 0.15) is 58.6 Å². The molecule has 1 aromatic heterocycles. The van der Waals surface area contributed by atoms with Crippen LogP contribution in [0.15, 0.2) is 16.8 Å². The van der Waals surface area contributed by atoms with Crippen molar-refractivity contribution < 1.29 is 0 Å². The molecule has 0 amide bonds. The Morgan fingerprint density at radius 2 is 2.06 bits per heavy atom. The summed E-state index contributed by atoms with van der Waals surface area (Å²) in [5.41, 5.74) is 7.64. The summed E-state index contributed by atoms with van der Waals surface area (Å²) in [6, 6.07) is 3.34. The molecular formula is C15H28N2S. The van der Waals surface area contributed by atoms with Crippen LogP contribution in [0, 0.1) is 0 Å². The molecule has 3 heteroatoms. The van der Waals surface area contributed by atoms with Crippen LogP contribution in [0.4, 0.5) is 0 Å². The van der Waals surface area contributed by atoms with Gasteiger partial charge in [0.25, 0.3) is 0 Å². The van der Waals surface area contributed by atoms with Crippen LogP contribution in [0.5, 0.6) is 0 Å². The minimum absolute atomic E-state index is 0.172. The molecule has 3 atom stereocenters. The van der Waals surface area contributed by atoms with Gasteiger partial charge < -0.3 is 5.73 Å². The van der Waals surface area contributed by atoms with Crippen molar-refractivity contribution >= 4 is 11.3 Å². The van der Waals surface area contributed by atoms with Crippen LogP contribution >= 0.6 is 11.3 Å². The molecule has 0 radical (unpaired) electrons. The monoisotopic (exact) mass is 268 g/mol. The van der Waals surface area contributed by atoms with Gasteiger partial charge >= 0.3 is 0 Å². The zero-order valence-corrected chi connectivity index (χ0v) is 13.0. The fraction of sp³-hybridized carbons (Fsp3) is 0.733. The van der Waals surface area contributed by atoms with Gasteiger partial charge in [0.1, 0.15) is 0 Å². The van der Waals surface area contributed by atoms with E-state index in [1.54, 1.807) is 11.3 Å². The maximum absolute atomic E-state index is 6.26. The van der Waals surface area contributed by atoms with Crippen molar-refractivity contribution in [3.8, 4) is 0 Å². The highest BCUT2D eigenvalue weighted by atomic mass is 32.1. The minimum atomic E-state index is 0.172. The number of hydrogen-bond acceptors (Lipinski definition) is 3. The fourth-order valence-corrected chi connectivity index (χ4v) is 3.14. The van der Waals surface area contributed by atoms with Crippen molar-refractivity contribution in [1.29, 1.82) is 0 Å². The molecule has 18 heavy (non-hydrogen) atoms. The Labute approximate surface area is 116 Å². The molecule has 0 saturated carbocycles. The first-order chi connectivity index (χ1) is 8.61. The van der Waals surface area contributed by atoms with Gasteiger partial charge in [0, 0.05) is 12.1 Å². The van der Waals surface area contributed by atoms with Crippen molar-refractivity contribution in [1.82, 2.24) is 4.90 Å². The van der Waals surface area contributed by atoms with Crippen LogP contribution in [0.25, 0.3) is 0 Å². The lowest BCUT2D eigenvalue weighted by molar-refractivity contribution is 0.121. The third-order valence-corrected chi connectivity index (χ3v) is 4.37. The zero-order valence-electron chi connectivity index (χ0n) is 12.2. The van der Waals surface area contributed by atoms with E-state index >= 15 is 0 Å². The maximum Gasteiger partial charge on any atom is 0.0507 e. The Hall–Kier alpha value is -0.380. The first-order valence-electron chi connectivity index (χ1n) is 7.15. The number of hydrogen-bond donors (Lipinski definition) is 1. The molecule has 0 saturated heterocycles. The van der Waals surface area contributed by atoms with Crippen molar-refractivity contribution in [2.75, 3.05) is 6.54 Å². The first-order valence-corrected chi connectivity index (χ1v) is 8.09. The molecule has 0 aliphatic carbocycles. The zero-order chi connectivity index (χ0) is 13.5. The molecule has 2 nitrogen and oxygen atoms in total. The van der Waals surface area contributed by atoms with Crippen LogP contribution < -0.4 is 5.73 Å². The van der Waals surface area contributed by atoms with Crippen molar-refractivity contribution in [3.05, 3.63) is 22.4 Å². The molecule has 2 N–H and O–H groups in total. The standard InChI is InChI=1S/C15H28N2S/c1-5-7-9-17(12(3)6-2)15(13(4)16)14-8-10-18-11-14/h8,10-13,15H,5-7,9,16H2,1-4H3. The summed E-state index contributed by atoms with van der Waals surface area (Å²) in [6.45, 7) is 10.1. The predicted molar refractivity (Wildman–Crippen MR) is 82.1 cm³/mol. The van der Waals surface area contributed by atoms with E-state index in [0.29, 0.717) is 12.1 Å². The Balaban J connectivity index is 2.90. The number of nitrogens with zero attached hydrogens (tertiary/aromatic N) is 1. The molecule has 0 bridgehead atoms. The number of unbranched alkanes of at least 4 members (excludes halogenated alkanes) is 1. The maximum atomic E-state index is 6.26. The Bertz CT molecular complexity index is 308. The first kappa shape index (κ1) is 15.7. The summed E-state index contributed by atoms with van der Waals surface area (Å²) in [5, 5.41) is 4.40. The molecule has 104 valence electrons. The molecule has 0 aliphatic heterocycles. The van der Waals surface area contributed by atoms with Crippen LogP contribution in [-0.4, -0.2) is 23.5 Å². The van der Waals surface area contributed by atoms with E-state index in [1.165, 1.54) is 24.8 Å². The fourth-order valence-electron chi connectivity index (χ4n) is 2.45. The van der Waals surface area contributed by atoms with Gasteiger partial charge in [-0.2, -0.15) is 11.3 Å². The van der Waals surface area contributed by atoms with Crippen molar-refractivity contribution in [3.63, 3.8) is 0 Å². The number of thiophene rings is 1. The summed E-state index contributed by atoms with van der Waals surface area (Å²) in [5.74, 6) is 0. The van der Waals surface area contributed by atoms with E-state index in [-0.39, 0.29) is 6.04 Å². The van der Waals surface area contributed by atoms with Crippen LogP contribution in [0.2, 0.25) is 0 Å². The second-order valence-corrected chi connectivity index (χ2v) is 5.99.